The highest BCUT2D eigenvalue weighted by molar-refractivity contribution is 9.11. The minimum absolute atomic E-state index is 0.170. The highest BCUT2D eigenvalue weighted by atomic mass is 79.9. The molecule has 130 valence electrons. The topological polar surface area (TPSA) is 79.4 Å². The molecule has 0 spiro atoms. The summed E-state index contributed by atoms with van der Waals surface area (Å²) in [6.45, 7) is 0.720. The van der Waals surface area contributed by atoms with Gasteiger partial charge in [0.1, 0.15) is 0 Å². The zero-order chi connectivity index (χ0) is 17.3. The summed E-state index contributed by atoms with van der Waals surface area (Å²) in [4.78, 5) is 17.9. The van der Waals surface area contributed by atoms with Gasteiger partial charge in [0.2, 0.25) is 15.9 Å². The van der Waals surface area contributed by atoms with E-state index >= 15 is 0 Å². The van der Waals surface area contributed by atoms with Crippen LogP contribution >= 0.6 is 38.6 Å². The second-order valence-corrected chi connectivity index (χ2v) is 10.9. The normalized spacial score (nSPS) is 19.3. The maximum atomic E-state index is 12.4. The Balaban J connectivity index is 1.66. The van der Waals surface area contributed by atoms with Gasteiger partial charge in [-0.2, -0.15) is 0 Å². The van der Waals surface area contributed by atoms with Crippen LogP contribution in [0.25, 0.3) is 10.6 Å². The Labute approximate surface area is 157 Å². The fourth-order valence-corrected chi connectivity index (χ4v) is 5.61. The van der Waals surface area contributed by atoms with E-state index in [1.165, 1.54) is 21.9 Å². The number of nitrogens with one attached hydrogen (secondary N) is 1. The van der Waals surface area contributed by atoms with Gasteiger partial charge in [-0.05, 0) is 40.9 Å². The molecule has 6 nitrogen and oxygen atoms in total. The fourth-order valence-electron chi connectivity index (χ4n) is 2.56. The first kappa shape index (κ1) is 18.0. The van der Waals surface area contributed by atoms with Crippen LogP contribution < -0.4 is 5.32 Å². The van der Waals surface area contributed by atoms with Gasteiger partial charge in [0, 0.05) is 18.5 Å². The Bertz CT molecular complexity index is 846. The van der Waals surface area contributed by atoms with E-state index in [1.807, 2.05) is 17.5 Å². The van der Waals surface area contributed by atoms with Crippen LogP contribution in [0.1, 0.15) is 12.8 Å². The van der Waals surface area contributed by atoms with Crippen LogP contribution in [-0.4, -0.2) is 43.0 Å². The lowest BCUT2D eigenvalue weighted by Crippen LogP contribution is -2.43. The first-order chi connectivity index (χ1) is 11.3. The van der Waals surface area contributed by atoms with E-state index in [1.54, 1.807) is 11.3 Å². The fraction of sp³-hybridized carbons (Fsp3) is 0.429. The predicted molar refractivity (Wildman–Crippen MR) is 101 cm³/mol. The molecular weight excluding hydrogens is 434 g/mol. The molecule has 0 bridgehead atoms. The summed E-state index contributed by atoms with van der Waals surface area (Å²) in [5.74, 6) is -0.506. The Morgan fingerprint density at radius 2 is 2.25 bits per heavy atom. The van der Waals surface area contributed by atoms with Gasteiger partial charge < -0.3 is 5.32 Å². The average Bonchev–Trinajstić information content (AvgIpc) is 3.15. The third kappa shape index (κ3) is 4.23. The molecule has 1 unspecified atom stereocenters. The first-order valence-electron chi connectivity index (χ1n) is 7.30. The Kier molecular flexibility index (Phi) is 5.40. The van der Waals surface area contributed by atoms with E-state index in [4.69, 9.17) is 0 Å². The number of piperidine rings is 1. The number of thiophene rings is 1. The molecule has 1 aliphatic rings. The molecule has 0 radical (unpaired) electrons. The quantitative estimate of drug-likeness (QED) is 0.776. The van der Waals surface area contributed by atoms with Crippen molar-refractivity contribution in [3.8, 4) is 10.6 Å². The van der Waals surface area contributed by atoms with Gasteiger partial charge >= 0.3 is 0 Å². The number of carbonyl (C=O) groups is 1. The third-order valence-electron chi connectivity index (χ3n) is 3.78. The number of hydrogen-bond acceptors (Lipinski definition) is 6. The molecule has 3 heterocycles. The first-order valence-corrected chi connectivity index (χ1v) is 11.6. The zero-order valence-electron chi connectivity index (χ0n) is 12.9. The second-order valence-electron chi connectivity index (χ2n) is 5.59. The summed E-state index contributed by atoms with van der Waals surface area (Å²) in [5.41, 5.74) is 0.826. The number of carbonyl (C=O) groups excluding carboxylic acids is 1. The molecule has 2 aromatic heterocycles. The number of amides is 1. The van der Waals surface area contributed by atoms with Gasteiger partial charge in [0.05, 0.1) is 26.5 Å². The summed E-state index contributed by atoms with van der Waals surface area (Å²) in [7, 11) is -3.26. The number of hydrogen-bond donors (Lipinski definition) is 1. The molecule has 24 heavy (non-hydrogen) atoms. The molecule has 10 heteroatoms. The lowest BCUT2D eigenvalue weighted by Gasteiger charge is -2.29. The van der Waals surface area contributed by atoms with Gasteiger partial charge in [-0.3, -0.25) is 4.79 Å². The van der Waals surface area contributed by atoms with Gasteiger partial charge in [-0.1, -0.05) is 0 Å². The van der Waals surface area contributed by atoms with Gasteiger partial charge in [-0.15, -0.1) is 22.7 Å². The van der Waals surface area contributed by atoms with Crippen molar-refractivity contribution in [2.45, 2.75) is 12.8 Å². The van der Waals surface area contributed by atoms with Crippen molar-refractivity contribution in [2.24, 2.45) is 5.92 Å². The highest BCUT2D eigenvalue weighted by Gasteiger charge is 2.30. The maximum absolute atomic E-state index is 12.4. The molecule has 1 amide bonds. The number of nitrogens with zero attached hydrogens (tertiary/aromatic N) is 2. The summed E-state index contributed by atoms with van der Waals surface area (Å²) in [6.07, 6.45) is 2.56. The SMILES string of the molecule is CS(=O)(=O)N1CCCC(C(=O)Nc2nc(-c3ccc(Br)s3)cs2)C1. The van der Waals surface area contributed by atoms with Gasteiger partial charge in [-0.25, -0.2) is 17.7 Å². The standard InChI is InChI=1S/C14H16BrN3O3S3/c1-24(20,21)18-6-2-3-9(7-18)13(19)17-14-16-10(8-22-14)11-4-5-12(15)23-11/h4-5,8-9H,2-3,6-7H2,1H3,(H,16,17,19). The van der Waals surface area contributed by atoms with Gasteiger partial charge in [0.15, 0.2) is 5.13 Å². The molecule has 1 N–H and O–H groups in total. The van der Waals surface area contributed by atoms with Crippen LogP contribution in [0.15, 0.2) is 21.3 Å². The van der Waals surface area contributed by atoms with Crippen molar-refractivity contribution in [1.82, 2.24) is 9.29 Å². The molecule has 0 aromatic carbocycles. The lowest BCUT2D eigenvalue weighted by atomic mass is 9.99. The van der Waals surface area contributed by atoms with E-state index in [0.717, 1.165) is 14.4 Å². The highest BCUT2D eigenvalue weighted by Crippen LogP contribution is 2.33. The Morgan fingerprint density at radius 3 is 2.92 bits per heavy atom. The van der Waals surface area contributed by atoms with Crippen molar-refractivity contribution in [3.05, 3.63) is 21.3 Å². The summed E-state index contributed by atoms with van der Waals surface area (Å²) in [6, 6.07) is 3.93. The molecule has 0 aliphatic carbocycles. The van der Waals surface area contributed by atoms with Crippen molar-refractivity contribution in [3.63, 3.8) is 0 Å². The van der Waals surface area contributed by atoms with Crippen LogP contribution in [0.3, 0.4) is 0 Å². The minimum Gasteiger partial charge on any atom is -0.302 e. The van der Waals surface area contributed by atoms with Crippen molar-refractivity contribution >= 4 is 59.7 Å². The Hall–Kier alpha value is -0.810. The Morgan fingerprint density at radius 1 is 1.46 bits per heavy atom. The third-order valence-corrected chi connectivity index (χ3v) is 7.46. The van der Waals surface area contributed by atoms with Crippen LogP contribution in [0, 0.1) is 5.92 Å². The zero-order valence-corrected chi connectivity index (χ0v) is 16.9. The van der Waals surface area contributed by atoms with Crippen LogP contribution in [-0.2, 0) is 14.8 Å². The van der Waals surface area contributed by atoms with Crippen molar-refractivity contribution < 1.29 is 13.2 Å². The van der Waals surface area contributed by atoms with Crippen molar-refractivity contribution in [1.29, 1.82) is 0 Å². The van der Waals surface area contributed by atoms with Gasteiger partial charge in [0.25, 0.3) is 0 Å². The number of sulfonamides is 1. The summed E-state index contributed by atoms with van der Waals surface area (Å²) >= 11 is 6.37. The van der Waals surface area contributed by atoms with E-state index in [0.29, 0.717) is 24.5 Å². The second kappa shape index (κ2) is 7.20. The molecule has 3 rings (SSSR count). The monoisotopic (exact) mass is 449 g/mol. The minimum atomic E-state index is -3.26. The number of thiazole rings is 1. The summed E-state index contributed by atoms with van der Waals surface area (Å²) in [5, 5.41) is 5.26. The molecule has 1 atom stereocenters. The lowest BCUT2D eigenvalue weighted by molar-refractivity contribution is -0.120. The van der Waals surface area contributed by atoms with E-state index < -0.39 is 10.0 Å². The molecule has 1 saturated heterocycles. The van der Waals surface area contributed by atoms with E-state index in [9.17, 15) is 13.2 Å². The smallest absolute Gasteiger partial charge is 0.230 e. The molecule has 1 aliphatic heterocycles. The van der Waals surface area contributed by atoms with E-state index in [-0.39, 0.29) is 18.4 Å². The number of rotatable bonds is 4. The number of aromatic nitrogens is 1. The van der Waals surface area contributed by atoms with Crippen LogP contribution in [0.2, 0.25) is 0 Å². The molecular formula is C14H16BrN3O3S3. The number of halogens is 1. The molecule has 1 fully saturated rings. The largest absolute Gasteiger partial charge is 0.302 e. The molecule has 2 aromatic rings. The average molecular weight is 450 g/mol. The van der Waals surface area contributed by atoms with Crippen LogP contribution in [0.4, 0.5) is 5.13 Å². The summed E-state index contributed by atoms with van der Waals surface area (Å²) < 4.78 is 25.7. The van der Waals surface area contributed by atoms with Crippen LogP contribution in [0.5, 0.6) is 0 Å². The van der Waals surface area contributed by atoms with Crippen molar-refractivity contribution in [2.75, 3.05) is 24.7 Å². The predicted octanol–water partition coefficient (Wildman–Crippen LogP) is 3.24. The molecule has 0 saturated carbocycles. The maximum Gasteiger partial charge on any atom is 0.230 e. The van der Waals surface area contributed by atoms with E-state index in [2.05, 4.69) is 26.2 Å². The number of anilines is 1.